The van der Waals surface area contributed by atoms with Crippen LogP contribution in [-0.2, 0) is 4.74 Å². The van der Waals surface area contributed by atoms with Gasteiger partial charge in [-0.2, -0.15) is 0 Å². The van der Waals surface area contributed by atoms with Gasteiger partial charge in [-0.15, -0.1) is 25.6 Å². The van der Waals surface area contributed by atoms with Crippen molar-refractivity contribution in [2.75, 3.05) is 0 Å². The van der Waals surface area contributed by atoms with Crippen molar-refractivity contribution in [2.45, 2.75) is 44.2 Å². The van der Waals surface area contributed by atoms with Crippen LogP contribution in [0.15, 0.2) is 0 Å². The van der Waals surface area contributed by atoms with E-state index in [9.17, 15) is 13.2 Å². The molecule has 3 N–H and O–H groups in total. The zero-order valence-electron chi connectivity index (χ0n) is 7.51. The van der Waals surface area contributed by atoms with Crippen LogP contribution in [0.1, 0.15) is 25.7 Å². The third kappa shape index (κ3) is 4.99. The van der Waals surface area contributed by atoms with Crippen LogP contribution in [0.4, 0.5) is 13.2 Å². The smallest absolute Gasteiger partial charge is 0.289 e. The normalized spacial score (nSPS) is 28.3. The fraction of sp³-hybridized carbons (Fsp3) is 1.00. The summed E-state index contributed by atoms with van der Waals surface area (Å²) in [6, 6.07) is 0.132. The van der Waals surface area contributed by atoms with Crippen LogP contribution in [0.25, 0.3) is 0 Å². The van der Waals surface area contributed by atoms with Gasteiger partial charge in [-0.25, -0.2) is 0 Å². The Morgan fingerprint density at radius 1 is 1.14 bits per heavy atom. The van der Waals surface area contributed by atoms with Gasteiger partial charge >= 0.3 is 6.36 Å². The number of alkyl halides is 3. The summed E-state index contributed by atoms with van der Waals surface area (Å²) in [5.41, 5.74) is 2.55. The lowest BCUT2D eigenvalue weighted by Crippen LogP contribution is -2.40. The van der Waals surface area contributed by atoms with E-state index in [4.69, 9.17) is 5.84 Å². The number of rotatable bonds is 2. The van der Waals surface area contributed by atoms with Gasteiger partial charge in [0, 0.05) is 6.04 Å². The summed E-state index contributed by atoms with van der Waals surface area (Å²) >= 11 is 0. The van der Waals surface area contributed by atoms with Crippen molar-refractivity contribution in [3.05, 3.63) is 0 Å². The first-order valence-electron chi connectivity index (χ1n) is 4.22. The minimum absolute atomic E-state index is 0. The molecule has 0 aromatic heterocycles. The van der Waals surface area contributed by atoms with Crippen LogP contribution in [-0.4, -0.2) is 18.5 Å². The molecule has 86 valence electrons. The van der Waals surface area contributed by atoms with Gasteiger partial charge in [0.2, 0.25) is 0 Å². The highest BCUT2D eigenvalue weighted by Gasteiger charge is 2.35. The number of nitrogens with two attached hydrogens (primary N) is 1. The molecule has 1 saturated carbocycles. The molecule has 0 amide bonds. The zero-order chi connectivity index (χ0) is 9.90. The predicted molar refractivity (Wildman–Crippen MR) is 47.8 cm³/mol. The van der Waals surface area contributed by atoms with Crippen molar-refractivity contribution in [1.82, 2.24) is 5.43 Å². The highest BCUT2D eigenvalue weighted by Crippen LogP contribution is 2.27. The fourth-order valence-corrected chi connectivity index (χ4v) is 1.54. The van der Waals surface area contributed by atoms with E-state index < -0.39 is 12.5 Å². The number of ether oxygens (including phenoxy) is 1. The SMILES string of the molecule is Cl.NNC1CCC(OC(F)(F)F)CC1. The van der Waals surface area contributed by atoms with Gasteiger partial charge in [0.05, 0.1) is 6.10 Å². The van der Waals surface area contributed by atoms with Crippen LogP contribution in [0.2, 0.25) is 0 Å². The molecule has 0 aromatic carbocycles. The van der Waals surface area contributed by atoms with E-state index in [1.54, 1.807) is 0 Å². The summed E-state index contributed by atoms with van der Waals surface area (Å²) in [5, 5.41) is 0. The monoisotopic (exact) mass is 234 g/mol. The van der Waals surface area contributed by atoms with Crippen LogP contribution in [0.5, 0.6) is 0 Å². The lowest BCUT2D eigenvalue weighted by atomic mass is 9.93. The maximum Gasteiger partial charge on any atom is 0.522 e. The Bertz CT molecular complexity index is 160. The van der Waals surface area contributed by atoms with E-state index in [1.807, 2.05) is 0 Å². The molecule has 1 fully saturated rings. The number of hydrogen-bond acceptors (Lipinski definition) is 3. The standard InChI is InChI=1S/C7H13F3N2O.ClH/c8-7(9,10)13-6-3-1-5(12-11)2-4-6;/h5-6,12H,1-4,11H2;1H. The molecular weight excluding hydrogens is 221 g/mol. The third-order valence-electron chi connectivity index (χ3n) is 2.21. The second-order valence-corrected chi connectivity index (χ2v) is 3.20. The molecule has 0 heterocycles. The largest absolute Gasteiger partial charge is 0.522 e. The Balaban J connectivity index is 0.00000169. The second-order valence-electron chi connectivity index (χ2n) is 3.20. The van der Waals surface area contributed by atoms with Gasteiger partial charge in [-0.3, -0.25) is 16.0 Å². The van der Waals surface area contributed by atoms with Gasteiger partial charge in [0.25, 0.3) is 0 Å². The van der Waals surface area contributed by atoms with Gasteiger partial charge < -0.3 is 0 Å². The molecule has 1 rings (SSSR count). The van der Waals surface area contributed by atoms with Crippen molar-refractivity contribution < 1.29 is 17.9 Å². The first kappa shape index (κ1) is 14.0. The summed E-state index contributed by atoms with van der Waals surface area (Å²) in [7, 11) is 0. The predicted octanol–water partition coefficient (Wildman–Crippen LogP) is 1.72. The molecule has 0 radical (unpaired) electrons. The molecule has 1 aliphatic carbocycles. The molecule has 0 aromatic rings. The minimum Gasteiger partial charge on any atom is -0.289 e. The highest BCUT2D eigenvalue weighted by molar-refractivity contribution is 5.85. The molecule has 1 aliphatic rings. The van der Waals surface area contributed by atoms with E-state index in [1.165, 1.54) is 0 Å². The van der Waals surface area contributed by atoms with E-state index in [0.29, 0.717) is 25.7 Å². The molecule has 0 unspecified atom stereocenters. The van der Waals surface area contributed by atoms with Crippen LogP contribution in [0, 0.1) is 0 Å². The van der Waals surface area contributed by atoms with Crippen LogP contribution in [0.3, 0.4) is 0 Å². The number of hydrogen-bond donors (Lipinski definition) is 2. The molecule has 14 heavy (non-hydrogen) atoms. The number of nitrogens with one attached hydrogen (secondary N) is 1. The molecular formula is C7H14ClF3N2O. The maximum atomic E-state index is 11.8. The Hall–Kier alpha value is -0.0400. The first-order valence-corrected chi connectivity index (χ1v) is 4.22. The van der Waals surface area contributed by atoms with Gasteiger partial charge in [0.15, 0.2) is 0 Å². The third-order valence-corrected chi connectivity index (χ3v) is 2.21. The molecule has 0 bridgehead atoms. The van der Waals surface area contributed by atoms with Gasteiger partial charge in [0.1, 0.15) is 0 Å². The number of halogens is 4. The molecule has 0 atom stereocenters. The average Bonchev–Trinajstić information content (AvgIpc) is 2.03. The Kier molecular flexibility index (Phi) is 5.73. The van der Waals surface area contributed by atoms with Crippen molar-refractivity contribution in [3.63, 3.8) is 0 Å². The molecule has 7 heteroatoms. The topological polar surface area (TPSA) is 47.3 Å². The van der Waals surface area contributed by atoms with Crippen molar-refractivity contribution in [1.29, 1.82) is 0 Å². The Morgan fingerprint density at radius 3 is 2.00 bits per heavy atom. The van der Waals surface area contributed by atoms with Crippen LogP contribution >= 0.6 is 12.4 Å². The lowest BCUT2D eigenvalue weighted by Gasteiger charge is -2.28. The zero-order valence-corrected chi connectivity index (χ0v) is 8.33. The lowest BCUT2D eigenvalue weighted by molar-refractivity contribution is -0.345. The average molecular weight is 235 g/mol. The van der Waals surface area contributed by atoms with Gasteiger partial charge in [-0.05, 0) is 25.7 Å². The summed E-state index contributed by atoms with van der Waals surface area (Å²) in [4.78, 5) is 0. The van der Waals surface area contributed by atoms with Crippen molar-refractivity contribution >= 4 is 12.4 Å². The number of hydrazine groups is 1. The van der Waals surface area contributed by atoms with E-state index >= 15 is 0 Å². The highest BCUT2D eigenvalue weighted by atomic mass is 35.5. The first-order chi connectivity index (χ1) is 6.01. The maximum absolute atomic E-state index is 11.8. The van der Waals surface area contributed by atoms with E-state index in [-0.39, 0.29) is 18.4 Å². The van der Waals surface area contributed by atoms with E-state index in [2.05, 4.69) is 10.2 Å². The Morgan fingerprint density at radius 2 is 1.64 bits per heavy atom. The van der Waals surface area contributed by atoms with E-state index in [0.717, 1.165) is 0 Å². The summed E-state index contributed by atoms with van der Waals surface area (Å²) < 4.78 is 39.2. The molecule has 0 spiro atoms. The molecule has 3 nitrogen and oxygen atoms in total. The van der Waals surface area contributed by atoms with Crippen molar-refractivity contribution in [2.24, 2.45) is 5.84 Å². The second kappa shape index (κ2) is 5.75. The van der Waals surface area contributed by atoms with Crippen molar-refractivity contribution in [3.8, 4) is 0 Å². The molecule has 0 saturated heterocycles. The minimum atomic E-state index is -4.51. The fourth-order valence-electron chi connectivity index (χ4n) is 1.54. The Labute approximate surface area is 86.5 Å². The van der Waals surface area contributed by atoms with Gasteiger partial charge in [-0.1, -0.05) is 0 Å². The molecule has 0 aliphatic heterocycles. The summed E-state index contributed by atoms with van der Waals surface area (Å²) in [6.45, 7) is 0. The summed E-state index contributed by atoms with van der Waals surface area (Å²) in [5.74, 6) is 5.16. The quantitative estimate of drug-likeness (QED) is 0.565. The van der Waals surface area contributed by atoms with Crippen LogP contribution < -0.4 is 11.3 Å². The summed E-state index contributed by atoms with van der Waals surface area (Å²) in [6.07, 6.45) is -3.10.